The molecule has 3 aromatic rings. The summed E-state index contributed by atoms with van der Waals surface area (Å²) in [5.74, 6) is 0.742. The van der Waals surface area contributed by atoms with Crippen molar-refractivity contribution in [1.29, 1.82) is 0 Å². The summed E-state index contributed by atoms with van der Waals surface area (Å²) >= 11 is 6.44. The number of hydrogen-bond acceptors (Lipinski definition) is 6. The summed E-state index contributed by atoms with van der Waals surface area (Å²) in [7, 11) is 0. The molecule has 0 saturated carbocycles. The van der Waals surface area contributed by atoms with E-state index in [9.17, 15) is 0 Å². The first-order valence-corrected chi connectivity index (χ1v) is 8.47. The number of anilines is 1. The summed E-state index contributed by atoms with van der Waals surface area (Å²) in [6.07, 6.45) is 2.46. The Hall–Kier alpha value is -2.25. The summed E-state index contributed by atoms with van der Waals surface area (Å²) in [4.78, 5) is 2.48. The average molecular weight is 344 g/mol. The fourth-order valence-corrected chi connectivity index (χ4v) is 3.44. The van der Waals surface area contributed by atoms with Crippen LogP contribution in [0.2, 0.25) is 5.02 Å². The van der Waals surface area contributed by atoms with Crippen molar-refractivity contribution in [1.82, 2.24) is 30.2 Å². The highest BCUT2D eigenvalue weighted by molar-refractivity contribution is 6.31. The number of hydrogen-bond donors (Lipinski definition) is 1. The Morgan fingerprint density at radius 3 is 2.79 bits per heavy atom. The maximum absolute atomic E-state index is 6.44. The maximum atomic E-state index is 6.44. The Morgan fingerprint density at radius 2 is 1.96 bits per heavy atom. The maximum Gasteiger partial charge on any atom is 0.200 e. The average Bonchev–Trinajstić information content (AvgIpc) is 3.27. The molecule has 1 saturated heterocycles. The summed E-state index contributed by atoms with van der Waals surface area (Å²) in [5.41, 5.74) is 1.78. The molecule has 1 N–H and O–H groups in total. The zero-order chi connectivity index (χ0) is 16.4. The third-order valence-electron chi connectivity index (χ3n) is 4.39. The van der Waals surface area contributed by atoms with E-state index in [0.29, 0.717) is 5.65 Å². The number of likely N-dealkylation sites (tertiary alicyclic amines) is 1. The summed E-state index contributed by atoms with van der Waals surface area (Å²) < 4.78 is 1.42. The van der Waals surface area contributed by atoms with Crippen LogP contribution in [0.25, 0.3) is 5.65 Å². The van der Waals surface area contributed by atoms with Gasteiger partial charge in [0.1, 0.15) is 5.82 Å². The van der Waals surface area contributed by atoms with E-state index in [4.69, 9.17) is 11.6 Å². The summed E-state index contributed by atoms with van der Waals surface area (Å²) in [6, 6.07) is 12.0. The van der Waals surface area contributed by atoms with Gasteiger partial charge >= 0.3 is 0 Å². The van der Waals surface area contributed by atoms with Gasteiger partial charge in [0.25, 0.3) is 0 Å². The number of nitrogens with one attached hydrogen (secondary N) is 1. The second kappa shape index (κ2) is 6.70. The minimum Gasteiger partial charge on any atom is -0.367 e. The van der Waals surface area contributed by atoms with Crippen LogP contribution in [-0.4, -0.2) is 49.8 Å². The molecule has 0 aliphatic carbocycles. The third-order valence-corrected chi connectivity index (χ3v) is 4.74. The lowest BCUT2D eigenvalue weighted by molar-refractivity contribution is 0.256. The van der Waals surface area contributed by atoms with Gasteiger partial charge in [-0.05, 0) is 60.1 Å². The van der Waals surface area contributed by atoms with E-state index in [2.05, 4.69) is 36.9 Å². The van der Waals surface area contributed by atoms with Gasteiger partial charge in [-0.2, -0.15) is 0 Å². The van der Waals surface area contributed by atoms with Crippen LogP contribution >= 0.6 is 11.6 Å². The number of halogens is 1. The van der Waals surface area contributed by atoms with Crippen molar-refractivity contribution in [2.45, 2.75) is 18.9 Å². The minimum absolute atomic E-state index is 0.215. The normalized spacial score (nSPS) is 16.5. The van der Waals surface area contributed by atoms with Crippen molar-refractivity contribution in [2.75, 3.05) is 25.0 Å². The van der Waals surface area contributed by atoms with Gasteiger partial charge < -0.3 is 5.32 Å². The lowest BCUT2D eigenvalue weighted by Crippen LogP contribution is -2.31. The van der Waals surface area contributed by atoms with E-state index in [1.165, 1.54) is 17.5 Å². The van der Waals surface area contributed by atoms with E-state index < -0.39 is 0 Å². The molecule has 0 amide bonds. The largest absolute Gasteiger partial charge is 0.367 e. The Morgan fingerprint density at radius 1 is 1.12 bits per heavy atom. The number of fused-ring (bicyclic) bond motifs is 1. The van der Waals surface area contributed by atoms with Crippen LogP contribution in [0.15, 0.2) is 36.4 Å². The fourth-order valence-electron chi connectivity index (χ4n) is 3.18. The highest BCUT2D eigenvalue weighted by atomic mass is 35.5. The van der Waals surface area contributed by atoms with Crippen LogP contribution in [0.5, 0.6) is 0 Å². The van der Waals surface area contributed by atoms with Crippen LogP contribution in [0.3, 0.4) is 0 Å². The van der Waals surface area contributed by atoms with E-state index >= 15 is 0 Å². The molecule has 1 aliphatic rings. The predicted octanol–water partition coefficient (Wildman–Crippen LogP) is 2.42. The van der Waals surface area contributed by atoms with Crippen molar-refractivity contribution in [3.63, 3.8) is 0 Å². The lowest BCUT2D eigenvalue weighted by Gasteiger charge is -2.29. The fraction of sp³-hybridized carbons (Fsp3) is 0.375. The molecule has 1 aromatic carbocycles. The van der Waals surface area contributed by atoms with E-state index in [0.717, 1.165) is 36.0 Å². The third kappa shape index (κ3) is 3.05. The first-order valence-electron chi connectivity index (χ1n) is 8.09. The highest BCUT2D eigenvalue weighted by Gasteiger charge is 2.25. The van der Waals surface area contributed by atoms with Crippen molar-refractivity contribution in [2.24, 2.45) is 0 Å². The molecule has 124 valence electrons. The summed E-state index contributed by atoms with van der Waals surface area (Å²) in [5, 5.41) is 19.9. The van der Waals surface area contributed by atoms with E-state index in [1.54, 1.807) is 0 Å². The SMILES string of the molecule is Clc1ccccc1C(CNc1ccc2nnnn2n1)N1CCCC1. The number of benzene rings is 1. The Balaban J connectivity index is 1.56. The molecule has 1 fully saturated rings. The predicted molar refractivity (Wildman–Crippen MR) is 92.1 cm³/mol. The molecule has 1 atom stereocenters. The zero-order valence-corrected chi connectivity index (χ0v) is 13.9. The molecule has 24 heavy (non-hydrogen) atoms. The minimum atomic E-state index is 0.215. The van der Waals surface area contributed by atoms with Gasteiger partial charge in [0.15, 0.2) is 5.65 Å². The van der Waals surface area contributed by atoms with Crippen LogP contribution in [0.1, 0.15) is 24.4 Å². The van der Waals surface area contributed by atoms with Crippen molar-refractivity contribution < 1.29 is 0 Å². The van der Waals surface area contributed by atoms with E-state index in [1.807, 2.05) is 30.3 Å². The first kappa shape index (κ1) is 15.3. The molecule has 2 aromatic heterocycles. The van der Waals surface area contributed by atoms with Gasteiger partial charge in [-0.1, -0.05) is 29.8 Å². The van der Waals surface area contributed by atoms with Gasteiger partial charge in [0.2, 0.25) is 0 Å². The molecular formula is C16H18ClN7. The van der Waals surface area contributed by atoms with Crippen LogP contribution in [0.4, 0.5) is 5.82 Å². The van der Waals surface area contributed by atoms with Crippen LogP contribution < -0.4 is 5.32 Å². The first-order chi connectivity index (χ1) is 11.8. The second-order valence-electron chi connectivity index (χ2n) is 5.91. The molecule has 4 rings (SSSR count). The lowest BCUT2D eigenvalue weighted by atomic mass is 10.1. The van der Waals surface area contributed by atoms with Gasteiger partial charge in [-0.15, -0.1) is 14.8 Å². The van der Waals surface area contributed by atoms with E-state index in [-0.39, 0.29) is 6.04 Å². The summed E-state index contributed by atoms with van der Waals surface area (Å²) in [6.45, 7) is 2.92. The van der Waals surface area contributed by atoms with Crippen LogP contribution in [0, 0.1) is 0 Å². The number of aromatic nitrogens is 5. The Kier molecular flexibility index (Phi) is 4.27. The molecule has 8 heteroatoms. The van der Waals surface area contributed by atoms with Gasteiger partial charge in [0, 0.05) is 11.6 Å². The monoisotopic (exact) mass is 343 g/mol. The standard InChI is InChI=1S/C16H18ClN7/c17-13-6-2-1-5-12(13)14(23-9-3-4-10-23)11-18-15-7-8-16-19-21-22-24(16)20-15/h1-2,5-8,14H,3-4,9-11H2,(H,18,20). The number of tetrazole rings is 1. The van der Waals surface area contributed by atoms with Gasteiger partial charge in [-0.25, -0.2) is 0 Å². The molecule has 7 nitrogen and oxygen atoms in total. The zero-order valence-electron chi connectivity index (χ0n) is 13.1. The molecule has 1 aliphatic heterocycles. The molecule has 0 spiro atoms. The molecule has 0 bridgehead atoms. The number of nitrogens with zero attached hydrogens (tertiary/aromatic N) is 6. The quantitative estimate of drug-likeness (QED) is 0.767. The smallest absolute Gasteiger partial charge is 0.200 e. The van der Waals surface area contributed by atoms with Crippen molar-refractivity contribution in [3.05, 3.63) is 47.0 Å². The molecular weight excluding hydrogens is 326 g/mol. The van der Waals surface area contributed by atoms with Crippen LogP contribution in [-0.2, 0) is 0 Å². The van der Waals surface area contributed by atoms with Crippen molar-refractivity contribution >= 4 is 23.1 Å². The molecule has 3 heterocycles. The second-order valence-corrected chi connectivity index (χ2v) is 6.31. The Labute approximate surface area is 144 Å². The number of rotatable bonds is 5. The van der Waals surface area contributed by atoms with Crippen molar-refractivity contribution in [3.8, 4) is 0 Å². The Bertz CT molecular complexity index is 828. The van der Waals surface area contributed by atoms with Gasteiger partial charge in [-0.3, -0.25) is 4.90 Å². The van der Waals surface area contributed by atoms with Gasteiger partial charge in [0.05, 0.1) is 6.04 Å². The molecule has 0 radical (unpaired) electrons. The molecule has 1 unspecified atom stereocenters. The topological polar surface area (TPSA) is 71.2 Å². The highest BCUT2D eigenvalue weighted by Crippen LogP contribution is 2.30.